The third-order valence-corrected chi connectivity index (χ3v) is 13.3. The predicted molar refractivity (Wildman–Crippen MR) is 247 cm³/mol. The summed E-state index contributed by atoms with van der Waals surface area (Å²) in [6, 6.07) is 76.5. The molecule has 1 unspecified atom stereocenters. The number of hydrogen-bond donors (Lipinski definition) is 0. The molecule has 8 aromatic carbocycles. The van der Waals surface area contributed by atoms with Gasteiger partial charge in [-0.25, -0.2) is 0 Å². The van der Waals surface area contributed by atoms with Gasteiger partial charge in [0.05, 0.1) is 5.41 Å². The third kappa shape index (κ3) is 5.53. The molecule has 1 nitrogen and oxygen atoms in total. The molecule has 0 N–H and O–H groups in total. The second-order valence-electron chi connectivity index (χ2n) is 16.8. The minimum Gasteiger partial charge on any atom is -0.310 e. The van der Waals surface area contributed by atoms with Gasteiger partial charge in [-0.2, -0.15) is 0 Å². The number of allylic oxidation sites excluding steroid dienone is 4. The summed E-state index contributed by atoms with van der Waals surface area (Å²) in [4.78, 5) is 2.48. The van der Waals surface area contributed by atoms with Crippen LogP contribution in [0.3, 0.4) is 0 Å². The van der Waals surface area contributed by atoms with Gasteiger partial charge in [-0.3, -0.25) is 0 Å². The van der Waals surface area contributed by atoms with Crippen molar-refractivity contribution in [3.63, 3.8) is 0 Å². The van der Waals surface area contributed by atoms with Gasteiger partial charge in [0.1, 0.15) is 0 Å². The molecule has 282 valence electrons. The lowest BCUT2D eigenvalue weighted by atomic mass is 9.66. The molecule has 0 radical (unpaired) electrons. The van der Waals surface area contributed by atoms with E-state index in [9.17, 15) is 0 Å². The summed E-state index contributed by atoms with van der Waals surface area (Å²) in [5, 5.41) is 0. The molecule has 0 saturated carbocycles. The molecule has 0 aliphatic heterocycles. The van der Waals surface area contributed by atoms with Gasteiger partial charge in [0.2, 0.25) is 0 Å². The zero-order chi connectivity index (χ0) is 39.6. The molecule has 0 bridgehead atoms. The molecule has 0 heterocycles. The van der Waals surface area contributed by atoms with Crippen LogP contribution in [-0.2, 0) is 10.8 Å². The van der Waals surface area contributed by atoms with Crippen molar-refractivity contribution in [1.82, 2.24) is 0 Å². The van der Waals surface area contributed by atoms with Crippen LogP contribution in [-0.4, -0.2) is 0 Å². The molecule has 0 fully saturated rings. The molecule has 11 rings (SSSR count). The Hall–Kier alpha value is -6.96. The van der Waals surface area contributed by atoms with Gasteiger partial charge in [-0.05, 0) is 115 Å². The highest BCUT2D eigenvalue weighted by molar-refractivity contribution is 5.97. The van der Waals surface area contributed by atoms with E-state index >= 15 is 0 Å². The fourth-order valence-electron chi connectivity index (χ4n) is 10.5. The van der Waals surface area contributed by atoms with Crippen LogP contribution in [0.5, 0.6) is 0 Å². The van der Waals surface area contributed by atoms with Crippen LogP contribution < -0.4 is 4.90 Å². The molecule has 3 aliphatic carbocycles. The Morgan fingerprint density at radius 3 is 1.61 bits per heavy atom. The van der Waals surface area contributed by atoms with E-state index in [1.807, 2.05) is 0 Å². The van der Waals surface area contributed by atoms with Gasteiger partial charge in [0, 0.05) is 28.4 Å². The first-order valence-corrected chi connectivity index (χ1v) is 21.0. The Labute approximate surface area is 348 Å². The van der Waals surface area contributed by atoms with Crippen LogP contribution in [0.2, 0.25) is 0 Å². The highest BCUT2D eigenvalue weighted by Gasteiger charge is 2.49. The summed E-state index contributed by atoms with van der Waals surface area (Å²) in [5.41, 5.74) is 19.9. The number of rotatable bonds is 7. The molecular formula is C58H45N. The number of hydrogen-bond acceptors (Lipinski definition) is 1. The fourth-order valence-corrected chi connectivity index (χ4v) is 10.5. The van der Waals surface area contributed by atoms with E-state index in [2.05, 4.69) is 237 Å². The molecule has 0 saturated heterocycles. The van der Waals surface area contributed by atoms with Crippen molar-refractivity contribution in [2.24, 2.45) is 0 Å². The van der Waals surface area contributed by atoms with E-state index in [1.165, 1.54) is 72.3 Å². The maximum atomic E-state index is 2.59. The molecule has 59 heavy (non-hydrogen) atoms. The molecule has 8 aromatic rings. The van der Waals surface area contributed by atoms with Crippen LogP contribution in [0.4, 0.5) is 17.1 Å². The normalized spacial score (nSPS) is 16.5. The van der Waals surface area contributed by atoms with Crippen LogP contribution >= 0.6 is 0 Å². The van der Waals surface area contributed by atoms with Gasteiger partial charge in [0.25, 0.3) is 0 Å². The Morgan fingerprint density at radius 2 is 0.949 bits per heavy atom. The summed E-state index contributed by atoms with van der Waals surface area (Å²) in [6.07, 6.45) is 6.07. The summed E-state index contributed by atoms with van der Waals surface area (Å²) in [6.45, 7) is 4.74. The predicted octanol–water partition coefficient (Wildman–Crippen LogP) is 15.0. The average Bonchev–Trinajstić information content (AvgIpc) is 3.72. The van der Waals surface area contributed by atoms with Gasteiger partial charge in [-0.1, -0.05) is 196 Å². The van der Waals surface area contributed by atoms with Gasteiger partial charge in [-0.15, -0.1) is 0 Å². The molecule has 0 aromatic heterocycles. The van der Waals surface area contributed by atoms with Crippen LogP contribution in [0.15, 0.2) is 224 Å². The van der Waals surface area contributed by atoms with Crippen LogP contribution in [0.25, 0.3) is 27.8 Å². The summed E-state index contributed by atoms with van der Waals surface area (Å²) < 4.78 is 0. The molecule has 1 atom stereocenters. The Bertz CT molecular complexity index is 2860. The van der Waals surface area contributed by atoms with Crippen molar-refractivity contribution in [3.05, 3.63) is 263 Å². The molecule has 0 amide bonds. The number of fused-ring (bicyclic) bond motifs is 6. The second kappa shape index (κ2) is 13.9. The smallest absolute Gasteiger partial charge is 0.0711 e. The monoisotopic (exact) mass is 755 g/mol. The number of nitrogens with zero attached hydrogens (tertiary/aromatic N) is 1. The molecule has 3 aliphatic rings. The van der Waals surface area contributed by atoms with Crippen LogP contribution in [0.1, 0.15) is 65.1 Å². The Morgan fingerprint density at radius 1 is 0.441 bits per heavy atom. The summed E-state index contributed by atoms with van der Waals surface area (Å²) >= 11 is 0. The molecule has 1 heteroatoms. The van der Waals surface area contributed by atoms with Crippen molar-refractivity contribution >= 4 is 22.6 Å². The van der Waals surface area contributed by atoms with Crippen molar-refractivity contribution in [3.8, 4) is 22.3 Å². The SMILES string of the molecule is CC1(C)c2ccccc2-c2ccc(N(c3ccc(-c4ccccc4)cc3)c3ccc4c(c3)C(c3ccccc3)(c3ccccc3)C3=CC(c5ccccc5)CC=C34)cc21. The highest BCUT2D eigenvalue weighted by Crippen LogP contribution is 2.60. The van der Waals surface area contributed by atoms with E-state index in [4.69, 9.17) is 0 Å². The first-order valence-electron chi connectivity index (χ1n) is 21.0. The zero-order valence-electron chi connectivity index (χ0n) is 33.5. The standard InChI is InChI=1S/C58H45N/c1-57(2)53-26-16-15-25-49(53)50-35-32-47(38-54(50)57)59(46-30-27-42(28-31-46)40-17-7-3-8-18-40)48-33-36-52-51-34-29-43(41-19-9-4-10-20-41)37-55(51)58(56(52)39-48,44-21-11-5-12-22-44)45-23-13-6-14-24-45/h3-28,30-39,43H,29H2,1-2H3. The first kappa shape index (κ1) is 35.2. The van der Waals surface area contributed by atoms with E-state index in [-0.39, 0.29) is 11.3 Å². The maximum absolute atomic E-state index is 2.59. The van der Waals surface area contributed by atoms with E-state index in [0.717, 1.165) is 23.5 Å². The van der Waals surface area contributed by atoms with Crippen molar-refractivity contribution in [2.45, 2.75) is 37.0 Å². The lowest BCUT2D eigenvalue weighted by molar-refractivity contribution is 0.660. The molecule has 0 spiro atoms. The van der Waals surface area contributed by atoms with Crippen LogP contribution in [0, 0.1) is 0 Å². The van der Waals surface area contributed by atoms with Gasteiger partial charge < -0.3 is 4.90 Å². The first-order chi connectivity index (χ1) is 29.0. The second-order valence-corrected chi connectivity index (χ2v) is 16.8. The minimum absolute atomic E-state index is 0.123. The average molecular weight is 756 g/mol. The van der Waals surface area contributed by atoms with E-state index in [0.29, 0.717) is 0 Å². The zero-order valence-corrected chi connectivity index (χ0v) is 33.5. The fraction of sp³-hybridized carbons (Fsp3) is 0.103. The minimum atomic E-state index is -0.516. The van der Waals surface area contributed by atoms with E-state index < -0.39 is 5.41 Å². The largest absolute Gasteiger partial charge is 0.310 e. The van der Waals surface area contributed by atoms with Gasteiger partial charge >= 0.3 is 0 Å². The Kier molecular flexibility index (Phi) is 8.27. The lowest BCUT2D eigenvalue weighted by Crippen LogP contribution is -2.29. The van der Waals surface area contributed by atoms with Gasteiger partial charge in [0.15, 0.2) is 0 Å². The highest BCUT2D eigenvalue weighted by atomic mass is 15.1. The maximum Gasteiger partial charge on any atom is 0.0711 e. The van der Waals surface area contributed by atoms with Crippen molar-refractivity contribution in [2.75, 3.05) is 4.90 Å². The van der Waals surface area contributed by atoms with Crippen molar-refractivity contribution < 1.29 is 0 Å². The topological polar surface area (TPSA) is 3.24 Å². The molecular weight excluding hydrogens is 711 g/mol. The third-order valence-electron chi connectivity index (χ3n) is 13.3. The number of benzene rings is 8. The summed E-state index contributed by atoms with van der Waals surface area (Å²) in [7, 11) is 0. The van der Waals surface area contributed by atoms with Crippen molar-refractivity contribution in [1.29, 1.82) is 0 Å². The Balaban J connectivity index is 1.15. The summed E-state index contributed by atoms with van der Waals surface area (Å²) in [5.74, 6) is 0.286. The quantitative estimate of drug-likeness (QED) is 0.157. The number of anilines is 3. The van der Waals surface area contributed by atoms with E-state index in [1.54, 1.807) is 0 Å². The lowest BCUT2D eigenvalue weighted by Gasteiger charge is -2.36.